The average Bonchev–Trinajstić information content (AvgIpc) is 2.98. The van der Waals surface area contributed by atoms with Crippen LogP contribution in [-0.4, -0.2) is 22.4 Å². The second-order valence-electron chi connectivity index (χ2n) is 5.27. The molecule has 24 heavy (non-hydrogen) atoms. The van der Waals surface area contributed by atoms with Gasteiger partial charge in [-0.05, 0) is 38.1 Å². The summed E-state index contributed by atoms with van der Waals surface area (Å²) in [6, 6.07) is 12.1. The maximum atomic E-state index is 12.8. The third kappa shape index (κ3) is 2.85. The van der Waals surface area contributed by atoms with Gasteiger partial charge in [0, 0.05) is 23.7 Å². The summed E-state index contributed by atoms with van der Waals surface area (Å²) >= 11 is 1.45. The third-order valence-electron chi connectivity index (χ3n) is 3.72. The van der Waals surface area contributed by atoms with Gasteiger partial charge in [-0.1, -0.05) is 23.5 Å². The van der Waals surface area contributed by atoms with Crippen LogP contribution in [0.1, 0.15) is 22.8 Å². The Bertz CT molecular complexity index is 903. The predicted molar refractivity (Wildman–Crippen MR) is 94.8 cm³/mol. The summed E-state index contributed by atoms with van der Waals surface area (Å²) in [5.41, 5.74) is 1.74. The number of carbonyl (C=O) groups is 1. The van der Waals surface area contributed by atoms with Gasteiger partial charge < -0.3 is 0 Å². The molecule has 1 amide bonds. The van der Waals surface area contributed by atoms with Crippen molar-refractivity contribution < 1.29 is 9.72 Å². The normalized spacial score (nSPS) is 10.8. The van der Waals surface area contributed by atoms with E-state index < -0.39 is 4.92 Å². The molecule has 0 aliphatic rings. The Morgan fingerprint density at radius 1 is 1.29 bits per heavy atom. The number of aryl methyl sites for hydroxylation is 1. The topological polar surface area (TPSA) is 76.3 Å². The first-order valence-corrected chi connectivity index (χ1v) is 8.25. The summed E-state index contributed by atoms with van der Waals surface area (Å²) in [7, 11) is 0. The van der Waals surface area contributed by atoms with Crippen molar-refractivity contribution in [1.29, 1.82) is 0 Å². The van der Waals surface area contributed by atoms with Crippen LogP contribution in [0.4, 0.5) is 10.8 Å². The van der Waals surface area contributed by atoms with Crippen LogP contribution in [0, 0.1) is 17.0 Å². The van der Waals surface area contributed by atoms with E-state index in [-0.39, 0.29) is 11.6 Å². The molecular formula is C17H15N3O3S. The molecule has 1 heterocycles. The number of nitro benzene ring substituents is 1. The number of nitrogens with zero attached hydrogens (tertiary/aromatic N) is 3. The summed E-state index contributed by atoms with van der Waals surface area (Å²) in [5.74, 6) is -0.213. The summed E-state index contributed by atoms with van der Waals surface area (Å²) in [5, 5.41) is 11.5. The molecule has 122 valence electrons. The van der Waals surface area contributed by atoms with E-state index in [0.717, 1.165) is 10.2 Å². The van der Waals surface area contributed by atoms with Gasteiger partial charge in [-0.2, -0.15) is 0 Å². The predicted octanol–water partition coefficient (Wildman–Crippen LogP) is 4.18. The van der Waals surface area contributed by atoms with Crippen LogP contribution in [0.25, 0.3) is 10.2 Å². The number of hydrogen-bond donors (Lipinski definition) is 0. The standard InChI is InChI=1S/C17H15N3O3S/c1-3-19(17-18-13-6-4-5-7-15(13)24-17)16(21)12-8-9-14(20(22)23)11(2)10-12/h4-10H,3H2,1-2H3. The van der Waals surface area contributed by atoms with Crippen LogP contribution < -0.4 is 4.90 Å². The van der Waals surface area contributed by atoms with Crippen LogP contribution in [0.3, 0.4) is 0 Å². The van der Waals surface area contributed by atoms with Crippen molar-refractivity contribution in [2.45, 2.75) is 13.8 Å². The van der Waals surface area contributed by atoms with Gasteiger partial charge in [0.15, 0.2) is 5.13 Å². The fourth-order valence-corrected chi connectivity index (χ4v) is 3.52. The van der Waals surface area contributed by atoms with E-state index >= 15 is 0 Å². The lowest BCUT2D eigenvalue weighted by molar-refractivity contribution is -0.385. The molecular weight excluding hydrogens is 326 g/mol. The van der Waals surface area contributed by atoms with Crippen LogP contribution in [0.5, 0.6) is 0 Å². The fourth-order valence-electron chi connectivity index (χ4n) is 2.49. The van der Waals surface area contributed by atoms with Crippen LogP contribution in [0.2, 0.25) is 0 Å². The molecule has 0 unspecified atom stereocenters. The zero-order valence-electron chi connectivity index (χ0n) is 13.2. The highest BCUT2D eigenvalue weighted by Gasteiger charge is 2.21. The number of thiazole rings is 1. The molecule has 1 aromatic heterocycles. The molecule has 0 aliphatic heterocycles. The number of benzene rings is 2. The van der Waals surface area contributed by atoms with Crippen LogP contribution >= 0.6 is 11.3 Å². The van der Waals surface area contributed by atoms with Crippen LogP contribution in [-0.2, 0) is 0 Å². The number of aromatic nitrogens is 1. The Hall–Kier alpha value is -2.80. The number of nitro groups is 1. The molecule has 3 aromatic rings. The molecule has 0 saturated carbocycles. The van der Waals surface area contributed by atoms with E-state index in [1.165, 1.54) is 23.5 Å². The number of amides is 1. The van der Waals surface area contributed by atoms with Crippen molar-refractivity contribution in [3.8, 4) is 0 Å². The Kier molecular flexibility index (Phi) is 4.26. The Balaban J connectivity index is 1.97. The first-order valence-electron chi connectivity index (χ1n) is 7.43. The minimum atomic E-state index is -0.450. The molecule has 6 nitrogen and oxygen atoms in total. The van der Waals surface area contributed by atoms with Crippen molar-refractivity contribution in [2.24, 2.45) is 0 Å². The van der Waals surface area contributed by atoms with Gasteiger partial charge >= 0.3 is 0 Å². The van der Waals surface area contributed by atoms with E-state index in [1.54, 1.807) is 17.9 Å². The summed E-state index contributed by atoms with van der Waals surface area (Å²) < 4.78 is 1.01. The number of rotatable bonds is 4. The maximum Gasteiger partial charge on any atom is 0.272 e. The summed E-state index contributed by atoms with van der Waals surface area (Å²) in [6.45, 7) is 3.97. The Labute approximate surface area is 142 Å². The van der Waals surface area contributed by atoms with Gasteiger partial charge in [0.05, 0.1) is 15.1 Å². The molecule has 7 heteroatoms. The fraction of sp³-hybridized carbons (Fsp3) is 0.176. The number of hydrogen-bond acceptors (Lipinski definition) is 5. The molecule has 0 atom stereocenters. The highest BCUT2D eigenvalue weighted by molar-refractivity contribution is 7.22. The average molecular weight is 341 g/mol. The van der Waals surface area contributed by atoms with Crippen molar-refractivity contribution in [2.75, 3.05) is 11.4 Å². The first kappa shape index (κ1) is 16.1. The number of para-hydroxylation sites is 1. The lowest BCUT2D eigenvalue weighted by Gasteiger charge is -2.17. The maximum absolute atomic E-state index is 12.8. The monoisotopic (exact) mass is 341 g/mol. The molecule has 0 spiro atoms. The van der Waals surface area contributed by atoms with Gasteiger partial charge in [0.2, 0.25) is 0 Å². The molecule has 0 saturated heterocycles. The van der Waals surface area contributed by atoms with E-state index in [1.807, 2.05) is 31.2 Å². The summed E-state index contributed by atoms with van der Waals surface area (Å²) in [4.78, 5) is 29.4. The lowest BCUT2D eigenvalue weighted by Crippen LogP contribution is -2.30. The molecule has 0 fully saturated rings. The van der Waals surface area contributed by atoms with Crippen LogP contribution in [0.15, 0.2) is 42.5 Å². The van der Waals surface area contributed by atoms with Crippen molar-refractivity contribution >= 4 is 38.3 Å². The van der Waals surface area contributed by atoms with Gasteiger partial charge in [0.25, 0.3) is 11.6 Å². The molecule has 0 radical (unpaired) electrons. The minimum Gasteiger partial charge on any atom is -0.284 e. The zero-order chi connectivity index (χ0) is 17.3. The Morgan fingerprint density at radius 2 is 2.04 bits per heavy atom. The SMILES string of the molecule is CCN(C(=O)c1ccc([N+](=O)[O-])c(C)c1)c1nc2ccccc2s1. The van der Waals surface area contributed by atoms with Gasteiger partial charge in [-0.3, -0.25) is 19.8 Å². The minimum absolute atomic E-state index is 0.00888. The molecule has 0 bridgehead atoms. The van der Waals surface area contributed by atoms with Crippen molar-refractivity contribution in [1.82, 2.24) is 4.98 Å². The van der Waals surface area contributed by atoms with E-state index in [9.17, 15) is 14.9 Å². The summed E-state index contributed by atoms with van der Waals surface area (Å²) in [6.07, 6.45) is 0. The van der Waals surface area contributed by atoms with E-state index in [4.69, 9.17) is 0 Å². The number of fused-ring (bicyclic) bond motifs is 1. The highest BCUT2D eigenvalue weighted by Crippen LogP contribution is 2.30. The second-order valence-corrected chi connectivity index (χ2v) is 6.28. The van der Waals surface area contributed by atoms with Crippen molar-refractivity contribution in [3.63, 3.8) is 0 Å². The van der Waals surface area contributed by atoms with Gasteiger partial charge in [-0.25, -0.2) is 4.98 Å². The van der Waals surface area contributed by atoms with Crippen molar-refractivity contribution in [3.05, 3.63) is 63.7 Å². The van der Waals surface area contributed by atoms with Gasteiger partial charge in [-0.15, -0.1) is 0 Å². The lowest BCUT2D eigenvalue weighted by atomic mass is 10.1. The van der Waals surface area contributed by atoms with E-state index in [0.29, 0.717) is 22.8 Å². The molecule has 3 rings (SSSR count). The smallest absolute Gasteiger partial charge is 0.272 e. The Morgan fingerprint density at radius 3 is 2.67 bits per heavy atom. The van der Waals surface area contributed by atoms with Gasteiger partial charge in [0.1, 0.15) is 0 Å². The molecule has 0 N–H and O–H groups in total. The molecule has 0 aliphatic carbocycles. The highest BCUT2D eigenvalue weighted by atomic mass is 32.1. The number of carbonyl (C=O) groups excluding carboxylic acids is 1. The second kappa shape index (κ2) is 6.37. The third-order valence-corrected chi connectivity index (χ3v) is 4.77. The quantitative estimate of drug-likeness (QED) is 0.527. The largest absolute Gasteiger partial charge is 0.284 e. The van der Waals surface area contributed by atoms with E-state index in [2.05, 4.69) is 4.98 Å². The first-order chi connectivity index (χ1) is 11.5. The number of anilines is 1. The molecule has 2 aromatic carbocycles. The zero-order valence-corrected chi connectivity index (χ0v) is 14.0.